The highest BCUT2D eigenvalue weighted by Crippen LogP contribution is 2.32. The minimum absolute atomic E-state index is 0.0153. The molecule has 0 radical (unpaired) electrons. The van der Waals surface area contributed by atoms with Crippen molar-refractivity contribution in [3.05, 3.63) is 82.0 Å². The van der Waals surface area contributed by atoms with Crippen LogP contribution in [0.3, 0.4) is 0 Å². The first-order chi connectivity index (χ1) is 16.0. The minimum atomic E-state index is -0.0153. The Labute approximate surface area is 199 Å². The van der Waals surface area contributed by atoms with Gasteiger partial charge in [0.25, 0.3) is 5.56 Å². The molecule has 6 nitrogen and oxygen atoms in total. The van der Waals surface area contributed by atoms with Crippen LogP contribution in [0, 0.1) is 13.8 Å². The maximum atomic E-state index is 13.2. The highest BCUT2D eigenvalue weighted by molar-refractivity contribution is 7.98. The van der Waals surface area contributed by atoms with E-state index in [2.05, 4.69) is 36.1 Å². The van der Waals surface area contributed by atoms with Crippen molar-refractivity contribution in [3.63, 3.8) is 0 Å². The fraction of sp³-hybridized carbons (Fsp3) is 0.200. The number of benzene rings is 2. The van der Waals surface area contributed by atoms with E-state index in [0.29, 0.717) is 33.9 Å². The third-order valence-corrected chi connectivity index (χ3v) is 7.65. The quantitative estimate of drug-likeness (QED) is 0.219. The summed E-state index contributed by atoms with van der Waals surface area (Å²) in [5.74, 6) is 1.50. The molecule has 2 aromatic carbocycles. The van der Waals surface area contributed by atoms with Gasteiger partial charge in [0.05, 0.1) is 11.3 Å². The predicted octanol–water partition coefficient (Wildman–Crippen LogP) is 6.10. The molecule has 3 heterocycles. The molecule has 0 aliphatic carbocycles. The van der Waals surface area contributed by atoms with Gasteiger partial charge in [-0.1, -0.05) is 59.4 Å². The molecule has 0 bridgehead atoms. The molecular weight excluding hydrogens is 452 g/mol. The van der Waals surface area contributed by atoms with E-state index in [1.54, 1.807) is 4.57 Å². The summed E-state index contributed by atoms with van der Waals surface area (Å²) >= 11 is 2.92. The summed E-state index contributed by atoms with van der Waals surface area (Å²) in [6, 6.07) is 18.2. The van der Waals surface area contributed by atoms with E-state index < -0.39 is 0 Å². The van der Waals surface area contributed by atoms with Crippen molar-refractivity contribution < 1.29 is 4.52 Å². The first-order valence-corrected chi connectivity index (χ1v) is 12.5. The molecule has 33 heavy (non-hydrogen) atoms. The summed E-state index contributed by atoms with van der Waals surface area (Å²) in [7, 11) is 0. The number of aryl methyl sites for hydroxylation is 2. The number of hydrogen-bond acceptors (Lipinski definition) is 7. The van der Waals surface area contributed by atoms with Gasteiger partial charge in [0.1, 0.15) is 4.70 Å². The van der Waals surface area contributed by atoms with Crippen LogP contribution in [0.25, 0.3) is 32.0 Å². The van der Waals surface area contributed by atoms with Gasteiger partial charge in [-0.3, -0.25) is 9.36 Å². The zero-order valence-corrected chi connectivity index (χ0v) is 20.2. The molecule has 5 rings (SSSR count). The normalized spacial score (nSPS) is 11.4. The van der Waals surface area contributed by atoms with Crippen LogP contribution in [0.5, 0.6) is 0 Å². The lowest BCUT2D eigenvalue weighted by Crippen LogP contribution is -2.21. The lowest BCUT2D eigenvalue weighted by atomic mass is 10.1. The highest BCUT2D eigenvalue weighted by Gasteiger charge is 2.16. The molecule has 3 aromatic heterocycles. The van der Waals surface area contributed by atoms with Gasteiger partial charge in [0.2, 0.25) is 11.7 Å². The summed E-state index contributed by atoms with van der Waals surface area (Å²) < 4.78 is 7.85. The van der Waals surface area contributed by atoms with Gasteiger partial charge in [0.15, 0.2) is 5.16 Å². The highest BCUT2D eigenvalue weighted by atomic mass is 32.2. The number of hydrogen-bond donors (Lipinski definition) is 0. The molecule has 0 atom stereocenters. The maximum absolute atomic E-state index is 13.2. The van der Waals surface area contributed by atoms with Crippen molar-refractivity contribution in [2.24, 2.45) is 0 Å². The summed E-state index contributed by atoms with van der Waals surface area (Å²) in [5.41, 5.74) is 5.12. The molecule has 0 spiro atoms. The van der Waals surface area contributed by atoms with Crippen molar-refractivity contribution in [1.82, 2.24) is 19.7 Å². The average molecular weight is 475 g/mol. The lowest BCUT2D eigenvalue weighted by molar-refractivity contribution is 0.391. The average Bonchev–Trinajstić information content (AvgIpc) is 3.48. The van der Waals surface area contributed by atoms with Crippen LogP contribution in [0.2, 0.25) is 0 Å². The van der Waals surface area contributed by atoms with Crippen LogP contribution in [0.4, 0.5) is 0 Å². The number of thiophene rings is 1. The second-order valence-electron chi connectivity index (χ2n) is 7.73. The Morgan fingerprint density at radius 1 is 1.00 bits per heavy atom. The number of fused-ring (bicyclic) bond motifs is 1. The van der Waals surface area contributed by atoms with Crippen LogP contribution in [-0.4, -0.2) is 19.7 Å². The van der Waals surface area contributed by atoms with Gasteiger partial charge in [-0.2, -0.15) is 4.98 Å². The van der Waals surface area contributed by atoms with Gasteiger partial charge in [0, 0.05) is 17.0 Å². The molecule has 0 aliphatic rings. The predicted molar refractivity (Wildman–Crippen MR) is 134 cm³/mol. The van der Waals surface area contributed by atoms with Crippen LogP contribution in [0.15, 0.2) is 69.1 Å². The Morgan fingerprint density at radius 3 is 2.58 bits per heavy atom. The zero-order chi connectivity index (χ0) is 22.9. The standard InChI is InChI=1S/C25H22N4O2S2/c1-4-29-24(30)22-19(13-20(33-22)17-8-6-5-7-9-17)26-25(29)32-14-21-27-23(28-31-21)18-11-10-15(2)16(3)12-18/h5-13H,4,14H2,1-3H3. The van der Waals surface area contributed by atoms with Crippen molar-refractivity contribution in [3.8, 4) is 21.8 Å². The molecule has 0 amide bonds. The van der Waals surface area contributed by atoms with Crippen LogP contribution in [0.1, 0.15) is 23.9 Å². The SMILES string of the molecule is CCn1c(SCc2nc(-c3ccc(C)c(C)c3)no2)nc2cc(-c3ccccc3)sc2c1=O. The molecule has 0 N–H and O–H groups in total. The van der Waals surface area contributed by atoms with Crippen molar-refractivity contribution in [2.45, 2.75) is 38.2 Å². The van der Waals surface area contributed by atoms with E-state index in [-0.39, 0.29) is 5.56 Å². The summed E-state index contributed by atoms with van der Waals surface area (Å²) in [6.45, 7) is 6.63. The first-order valence-electron chi connectivity index (χ1n) is 10.7. The number of aromatic nitrogens is 4. The summed E-state index contributed by atoms with van der Waals surface area (Å²) in [5, 5.41) is 4.78. The monoisotopic (exact) mass is 474 g/mol. The lowest BCUT2D eigenvalue weighted by Gasteiger charge is -2.08. The van der Waals surface area contributed by atoms with Gasteiger partial charge in [-0.05, 0) is 49.6 Å². The van der Waals surface area contributed by atoms with Gasteiger partial charge < -0.3 is 4.52 Å². The van der Waals surface area contributed by atoms with E-state index in [4.69, 9.17) is 9.51 Å². The molecule has 8 heteroatoms. The second-order valence-corrected chi connectivity index (χ2v) is 9.73. The number of nitrogens with zero attached hydrogens (tertiary/aromatic N) is 4. The fourth-order valence-corrected chi connectivity index (χ4v) is 5.51. The van der Waals surface area contributed by atoms with Crippen LogP contribution < -0.4 is 5.56 Å². The Bertz CT molecular complexity index is 1500. The topological polar surface area (TPSA) is 73.8 Å². The molecule has 166 valence electrons. The maximum Gasteiger partial charge on any atom is 0.272 e. The number of rotatable bonds is 6. The Hall–Kier alpha value is -3.23. The van der Waals surface area contributed by atoms with Crippen LogP contribution in [-0.2, 0) is 12.3 Å². The molecule has 0 unspecified atom stereocenters. The molecule has 0 fully saturated rings. The van der Waals surface area contributed by atoms with E-state index in [0.717, 1.165) is 21.5 Å². The van der Waals surface area contributed by atoms with Crippen molar-refractivity contribution in [1.29, 1.82) is 0 Å². The van der Waals surface area contributed by atoms with E-state index in [1.165, 1.54) is 34.2 Å². The Balaban J connectivity index is 1.42. The molecule has 5 aromatic rings. The molecular formula is C25H22N4O2S2. The van der Waals surface area contributed by atoms with E-state index in [9.17, 15) is 4.79 Å². The smallest absolute Gasteiger partial charge is 0.272 e. The van der Waals surface area contributed by atoms with Crippen LogP contribution >= 0.6 is 23.1 Å². The van der Waals surface area contributed by atoms with Gasteiger partial charge >= 0.3 is 0 Å². The molecule has 0 aliphatic heterocycles. The van der Waals surface area contributed by atoms with E-state index in [1.807, 2.05) is 49.4 Å². The minimum Gasteiger partial charge on any atom is -0.338 e. The third kappa shape index (κ3) is 4.24. The van der Waals surface area contributed by atoms with Gasteiger partial charge in [-0.25, -0.2) is 4.98 Å². The first kappa shape index (κ1) is 21.6. The van der Waals surface area contributed by atoms with Crippen molar-refractivity contribution >= 4 is 33.3 Å². The van der Waals surface area contributed by atoms with Gasteiger partial charge in [-0.15, -0.1) is 11.3 Å². The second kappa shape index (κ2) is 8.96. The summed E-state index contributed by atoms with van der Waals surface area (Å²) in [4.78, 5) is 23.5. The zero-order valence-electron chi connectivity index (χ0n) is 18.5. The Morgan fingerprint density at radius 2 is 1.82 bits per heavy atom. The number of thioether (sulfide) groups is 1. The molecule has 0 saturated carbocycles. The fourth-order valence-electron chi connectivity index (χ4n) is 3.56. The third-order valence-electron chi connectivity index (χ3n) is 5.53. The largest absolute Gasteiger partial charge is 0.338 e. The Kier molecular flexibility index (Phi) is 5.86. The molecule has 0 saturated heterocycles. The van der Waals surface area contributed by atoms with E-state index >= 15 is 0 Å². The van der Waals surface area contributed by atoms with Crippen molar-refractivity contribution in [2.75, 3.05) is 0 Å². The summed E-state index contributed by atoms with van der Waals surface area (Å²) in [6.07, 6.45) is 0.